The molecule has 0 aromatic heterocycles. The molecule has 4 nitrogen and oxygen atoms in total. The van der Waals surface area contributed by atoms with Gasteiger partial charge in [-0.2, -0.15) is 0 Å². The molecule has 0 aliphatic carbocycles. The average molecular weight is 261 g/mol. The fraction of sp³-hybridized carbons (Fsp3) is 0.333. The molecule has 0 bridgehead atoms. The predicted molar refractivity (Wildman–Crippen MR) is 75.9 cm³/mol. The molecule has 4 heteroatoms. The van der Waals surface area contributed by atoms with Crippen molar-refractivity contribution in [1.29, 1.82) is 0 Å². The fourth-order valence-electron chi connectivity index (χ4n) is 1.38. The number of carboxylic acids is 1. The zero-order valence-electron chi connectivity index (χ0n) is 11.7. The standard InChI is InChI=1S/C15H19NO3/c1-10-5-7-12(16-14(19)15(2,3)4)9-11(10)6-8-13(17)18/h5-9H,1-4H3,(H,16,19)(H,17,18). The van der Waals surface area contributed by atoms with Crippen LogP contribution in [0.5, 0.6) is 0 Å². The van der Waals surface area contributed by atoms with Gasteiger partial charge in [0, 0.05) is 17.2 Å². The Morgan fingerprint density at radius 2 is 1.89 bits per heavy atom. The third-order valence-electron chi connectivity index (χ3n) is 2.62. The van der Waals surface area contributed by atoms with Gasteiger partial charge in [0.2, 0.25) is 5.91 Å². The number of anilines is 1. The smallest absolute Gasteiger partial charge is 0.328 e. The second-order valence-corrected chi connectivity index (χ2v) is 5.45. The lowest BCUT2D eigenvalue weighted by atomic mass is 9.95. The van der Waals surface area contributed by atoms with Crippen LogP contribution in [0.25, 0.3) is 6.08 Å². The molecule has 0 atom stereocenters. The van der Waals surface area contributed by atoms with E-state index in [9.17, 15) is 9.59 Å². The minimum Gasteiger partial charge on any atom is -0.478 e. The average Bonchev–Trinajstić information content (AvgIpc) is 2.28. The van der Waals surface area contributed by atoms with E-state index in [4.69, 9.17) is 5.11 Å². The molecule has 102 valence electrons. The monoisotopic (exact) mass is 261 g/mol. The summed E-state index contributed by atoms with van der Waals surface area (Å²) in [5, 5.41) is 11.4. The Balaban J connectivity index is 2.97. The van der Waals surface area contributed by atoms with Crippen LogP contribution in [0, 0.1) is 12.3 Å². The van der Waals surface area contributed by atoms with Crippen molar-refractivity contribution in [2.45, 2.75) is 27.7 Å². The lowest BCUT2D eigenvalue weighted by molar-refractivity contribution is -0.131. The third-order valence-corrected chi connectivity index (χ3v) is 2.62. The largest absolute Gasteiger partial charge is 0.478 e. The molecule has 1 amide bonds. The van der Waals surface area contributed by atoms with E-state index in [1.54, 1.807) is 12.1 Å². The van der Waals surface area contributed by atoms with Crippen LogP contribution in [0.1, 0.15) is 31.9 Å². The molecule has 1 aromatic carbocycles. The topological polar surface area (TPSA) is 66.4 Å². The number of nitrogens with one attached hydrogen (secondary N) is 1. The highest BCUT2D eigenvalue weighted by Crippen LogP contribution is 2.20. The van der Waals surface area contributed by atoms with E-state index >= 15 is 0 Å². The molecule has 0 spiro atoms. The molecular formula is C15H19NO3. The minimum atomic E-state index is -0.997. The van der Waals surface area contributed by atoms with Crippen molar-refractivity contribution in [3.8, 4) is 0 Å². The van der Waals surface area contributed by atoms with Crippen molar-refractivity contribution < 1.29 is 14.7 Å². The predicted octanol–water partition coefficient (Wildman–Crippen LogP) is 3.08. The molecule has 0 saturated heterocycles. The van der Waals surface area contributed by atoms with Gasteiger partial charge in [0.1, 0.15) is 0 Å². The van der Waals surface area contributed by atoms with Gasteiger partial charge < -0.3 is 10.4 Å². The van der Waals surface area contributed by atoms with Crippen LogP contribution >= 0.6 is 0 Å². The van der Waals surface area contributed by atoms with Crippen LogP contribution in [-0.2, 0) is 9.59 Å². The first kappa shape index (κ1) is 15.0. The summed E-state index contributed by atoms with van der Waals surface area (Å²) in [5.41, 5.74) is 1.91. The molecule has 0 aliphatic rings. The first-order valence-corrected chi connectivity index (χ1v) is 6.03. The van der Waals surface area contributed by atoms with Crippen molar-refractivity contribution >= 4 is 23.6 Å². The van der Waals surface area contributed by atoms with Gasteiger partial charge in [-0.25, -0.2) is 4.79 Å². The highest BCUT2D eigenvalue weighted by atomic mass is 16.4. The van der Waals surface area contributed by atoms with Crippen LogP contribution < -0.4 is 5.32 Å². The number of rotatable bonds is 3. The molecule has 2 N–H and O–H groups in total. The Morgan fingerprint density at radius 1 is 1.26 bits per heavy atom. The first-order chi connectivity index (χ1) is 8.70. The van der Waals surface area contributed by atoms with Gasteiger partial charge in [-0.05, 0) is 36.3 Å². The maximum absolute atomic E-state index is 11.9. The van der Waals surface area contributed by atoms with Gasteiger partial charge in [0.05, 0.1) is 0 Å². The number of carbonyl (C=O) groups excluding carboxylic acids is 1. The second kappa shape index (κ2) is 5.69. The lowest BCUT2D eigenvalue weighted by Crippen LogP contribution is -2.27. The van der Waals surface area contributed by atoms with Crippen molar-refractivity contribution in [2.75, 3.05) is 5.32 Å². The van der Waals surface area contributed by atoms with Crippen LogP contribution in [0.2, 0.25) is 0 Å². The summed E-state index contributed by atoms with van der Waals surface area (Å²) in [4.78, 5) is 22.4. The minimum absolute atomic E-state index is 0.0792. The van der Waals surface area contributed by atoms with E-state index in [-0.39, 0.29) is 5.91 Å². The summed E-state index contributed by atoms with van der Waals surface area (Å²) >= 11 is 0. The van der Waals surface area contributed by atoms with E-state index < -0.39 is 11.4 Å². The molecular weight excluding hydrogens is 242 g/mol. The molecule has 1 aromatic rings. The highest BCUT2D eigenvalue weighted by Gasteiger charge is 2.21. The summed E-state index contributed by atoms with van der Waals surface area (Å²) in [6.45, 7) is 7.39. The van der Waals surface area contributed by atoms with Gasteiger partial charge in [0.15, 0.2) is 0 Å². The number of benzene rings is 1. The number of hydrogen-bond acceptors (Lipinski definition) is 2. The van der Waals surface area contributed by atoms with E-state index in [1.165, 1.54) is 6.08 Å². The Morgan fingerprint density at radius 3 is 2.42 bits per heavy atom. The number of aryl methyl sites for hydroxylation is 1. The zero-order valence-corrected chi connectivity index (χ0v) is 11.7. The van der Waals surface area contributed by atoms with E-state index in [1.807, 2.05) is 33.8 Å². The molecule has 19 heavy (non-hydrogen) atoms. The molecule has 0 fully saturated rings. The number of carbonyl (C=O) groups is 2. The second-order valence-electron chi connectivity index (χ2n) is 5.45. The van der Waals surface area contributed by atoms with Crippen LogP contribution in [0.4, 0.5) is 5.69 Å². The Hall–Kier alpha value is -2.10. The van der Waals surface area contributed by atoms with E-state index in [2.05, 4.69) is 5.32 Å². The maximum atomic E-state index is 11.9. The van der Waals surface area contributed by atoms with Crippen LogP contribution in [0.3, 0.4) is 0 Å². The summed E-state index contributed by atoms with van der Waals surface area (Å²) in [6.07, 6.45) is 2.60. The molecule has 0 heterocycles. The molecule has 0 saturated carbocycles. The van der Waals surface area contributed by atoms with Gasteiger partial charge >= 0.3 is 5.97 Å². The Bertz CT molecular complexity index is 525. The van der Waals surface area contributed by atoms with Gasteiger partial charge in [-0.1, -0.05) is 26.8 Å². The van der Waals surface area contributed by atoms with Crippen molar-refractivity contribution in [3.63, 3.8) is 0 Å². The van der Waals surface area contributed by atoms with Crippen LogP contribution in [-0.4, -0.2) is 17.0 Å². The summed E-state index contributed by atoms with van der Waals surface area (Å²) in [7, 11) is 0. The maximum Gasteiger partial charge on any atom is 0.328 e. The number of amides is 1. The normalized spacial score (nSPS) is 11.6. The molecule has 0 aliphatic heterocycles. The number of hydrogen-bond donors (Lipinski definition) is 2. The summed E-state index contributed by atoms with van der Waals surface area (Å²) < 4.78 is 0. The quantitative estimate of drug-likeness (QED) is 0.822. The Labute approximate surface area is 113 Å². The van der Waals surface area contributed by atoms with Gasteiger partial charge in [-0.3, -0.25) is 4.79 Å². The van der Waals surface area contributed by atoms with Crippen molar-refractivity contribution in [1.82, 2.24) is 0 Å². The van der Waals surface area contributed by atoms with Gasteiger partial charge in [-0.15, -0.1) is 0 Å². The zero-order chi connectivity index (χ0) is 14.6. The summed E-state index contributed by atoms with van der Waals surface area (Å²) in [6, 6.07) is 5.41. The summed E-state index contributed by atoms with van der Waals surface area (Å²) in [5.74, 6) is -1.08. The number of carboxylic acid groups (broad SMARTS) is 1. The molecule has 0 unspecified atom stereocenters. The third kappa shape index (κ3) is 4.58. The van der Waals surface area contributed by atoms with Gasteiger partial charge in [0.25, 0.3) is 0 Å². The SMILES string of the molecule is Cc1ccc(NC(=O)C(C)(C)C)cc1C=CC(=O)O. The van der Waals surface area contributed by atoms with Crippen molar-refractivity contribution in [2.24, 2.45) is 5.41 Å². The first-order valence-electron chi connectivity index (χ1n) is 6.03. The van der Waals surface area contributed by atoms with Crippen LogP contribution in [0.15, 0.2) is 24.3 Å². The fourth-order valence-corrected chi connectivity index (χ4v) is 1.38. The van der Waals surface area contributed by atoms with E-state index in [0.717, 1.165) is 17.2 Å². The molecule has 0 radical (unpaired) electrons. The highest BCUT2D eigenvalue weighted by molar-refractivity contribution is 5.95. The van der Waals surface area contributed by atoms with Crippen molar-refractivity contribution in [3.05, 3.63) is 35.4 Å². The lowest BCUT2D eigenvalue weighted by Gasteiger charge is -2.18. The molecule has 1 rings (SSSR count). The number of aliphatic carboxylic acids is 1. The van der Waals surface area contributed by atoms with E-state index in [0.29, 0.717) is 5.69 Å². The Kier molecular flexibility index (Phi) is 4.48.